The third kappa shape index (κ3) is 4.36. The van der Waals surface area contributed by atoms with Crippen molar-refractivity contribution in [1.29, 1.82) is 0 Å². The number of aromatic nitrogens is 3. The monoisotopic (exact) mass is 349 g/mol. The van der Waals surface area contributed by atoms with Crippen LogP contribution in [0.15, 0.2) is 6.20 Å². The van der Waals surface area contributed by atoms with Gasteiger partial charge >= 0.3 is 0 Å². The molecule has 138 valence electrons. The van der Waals surface area contributed by atoms with E-state index in [1.165, 1.54) is 12.8 Å². The Labute approximate surface area is 147 Å². The number of nitrogens with one attached hydrogen (secondary N) is 1. The zero-order valence-corrected chi connectivity index (χ0v) is 14.8. The van der Waals surface area contributed by atoms with Crippen LogP contribution in [0.4, 0.5) is 0 Å². The van der Waals surface area contributed by atoms with Crippen LogP contribution in [0, 0.1) is 5.92 Å². The van der Waals surface area contributed by atoms with Crippen molar-refractivity contribution in [3.05, 3.63) is 11.9 Å². The Kier molecular flexibility index (Phi) is 6.01. The molecule has 8 nitrogen and oxygen atoms in total. The number of hydrogen-bond acceptors (Lipinski definition) is 5. The Hall–Kier alpha value is -1.96. The first kappa shape index (κ1) is 17.8. The Morgan fingerprint density at radius 1 is 1.28 bits per heavy atom. The van der Waals surface area contributed by atoms with E-state index in [2.05, 4.69) is 15.6 Å². The van der Waals surface area contributed by atoms with Gasteiger partial charge in [-0.15, -0.1) is 5.10 Å². The fraction of sp³-hybridized carbons (Fsp3) is 0.765. The van der Waals surface area contributed by atoms with Crippen LogP contribution in [0.2, 0.25) is 0 Å². The second-order valence-corrected chi connectivity index (χ2v) is 6.88. The minimum absolute atomic E-state index is 0.152. The van der Waals surface area contributed by atoms with Gasteiger partial charge in [0.2, 0.25) is 5.91 Å². The lowest BCUT2D eigenvalue weighted by atomic mass is 10.1. The minimum atomic E-state index is -0.256. The molecule has 0 bridgehead atoms. The van der Waals surface area contributed by atoms with Crippen LogP contribution in [0.3, 0.4) is 0 Å². The van der Waals surface area contributed by atoms with Gasteiger partial charge in [0, 0.05) is 26.1 Å². The van der Waals surface area contributed by atoms with Crippen molar-refractivity contribution in [1.82, 2.24) is 25.2 Å². The molecule has 25 heavy (non-hydrogen) atoms. The molecule has 2 fully saturated rings. The van der Waals surface area contributed by atoms with E-state index in [1.807, 2.05) is 4.90 Å². The van der Waals surface area contributed by atoms with E-state index >= 15 is 0 Å². The average molecular weight is 349 g/mol. The third-order valence-electron chi connectivity index (χ3n) is 5.13. The number of ether oxygens (including phenoxy) is 1. The number of methoxy groups -OCH3 is 1. The molecule has 1 aliphatic heterocycles. The van der Waals surface area contributed by atoms with E-state index in [4.69, 9.17) is 4.74 Å². The molecule has 1 atom stereocenters. The summed E-state index contributed by atoms with van der Waals surface area (Å²) in [4.78, 5) is 26.7. The van der Waals surface area contributed by atoms with E-state index in [1.54, 1.807) is 18.0 Å². The average Bonchev–Trinajstić information content (AvgIpc) is 3.36. The lowest BCUT2D eigenvalue weighted by Gasteiger charge is -2.27. The fourth-order valence-corrected chi connectivity index (χ4v) is 3.79. The quantitative estimate of drug-likeness (QED) is 0.737. The molecule has 3 rings (SSSR count). The molecule has 1 saturated heterocycles. The molecule has 1 N–H and O–H groups in total. The minimum Gasteiger partial charge on any atom is -0.383 e. The van der Waals surface area contributed by atoms with Gasteiger partial charge in [-0.2, -0.15) is 0 Å². The molecule has 0 radical (unpaired) electrons. The summed E-state index contributed by atoms with van der Waals surface area (Å²) in [6.45, 7) is 2.32. The predicted octanol–water partition coefficient (Wildman–Crippen LogP) is 0.835. The van der Waals surface area contributed by atoms with Crippen molar-refractivity contribution in [2.75, 3.05) is 26.8 Å². The highest BCUT2D eigenvalue weighted by Gasteiger charge is 2.34. The number of likely N-dealkylation sites (tertiary alicyclic amines) is 1. The standard InChI is InChI=1S/C17H27N5O3/c1-25-10-8-18-16(23)15-12-21(20-19-15)11-14-7-4-9-22(14)17(24)13-5-2-3-6-13/h12-14H,2-11H2,1H3,(H,18,23)/t14-/m0/s1. The van der Waals surface area contributed by atoms with E-state index in [0.717, 1.165) is 32.2 Å². The van der Waals surface area contributed by atoms with Crippen molar-refractivity contribution < 1.29 is 14.3 Å². The fourth-order valence-electron chi connectivity index (χ4n) is 3.79. The lowest BCUT2D eigenvalue weighted by Crippen LogP contribution is -2.41. The maximum atomic E-state index is 12.7. The number of amides is 2. The molecule has 0 unspecified atom stereocenters. The highest BCUT2D eigenvalue weighted by atomic mass is 16.5. The number of nitrogens with zero attached hydrogens (tertiary/aromatic N) is 4. The molecular weight excluding hydrogens is 322 g/mol. The van der Waals surface area contributed by atoms with Crippen LogP contribution < -0.4 is 5.32 Å². The summed E-state index contributed by atoms with van der Waals surface area (Å²) in [5.41, 5.74) is 0.294. The number of carbonyl (C=O) groups is 2. The van der Waals surface area contributed by atoms with Gasteiger partial charge < -0.3 is 15.0 Å². The summed E-state index contributed by atoms with van der Waals surface area (Å²) < 4.78 is 6.58. The van der Waals surface area contributed by atoms with Gasteiger partial charge in [-0.05, 0) is 25.7 Å². The van der Waals surface area contributed by atoms with E-state index in [9.17, 15) is 9.59 Å². The summed E-state index contributed by atoms with van der Waals surface area (Å²) in [7, 11) is 1.59. The molecule has 2 heterocycles. The van der Waals surface area contributed by atoms with Crippen molar-refractivity contribution in [2.24, 2.45) is 5.92 Å². The molecule has 1 aromatic heterocycles. The van der Waals surface area contributed by atoms with Crippen LogP contribution in [0.1, 0.15) is 49.0 Å². The Morgan fingerprint density at radius 3 is 2.84 bits per heavy atom. The van der Waals surface area contributed by atoms with Crippen LogP contribution in [-0.2, 0) is 16.1 Å². The van der Waals surface area contributed by atoms with Crippen molar-refractivity contribution in [3.8, 4) is 0 Å². The maximum Gasteiger partial charge on any atom is 0.273 e. The van der Waals surface area contributed by atoms with E-state index in [0.29, 0.717) is 31.3 Å². The zero-order chi connectivity index (χ0) is 17.6. The van der Waals surface area contributed by atoms with Crippen LogP contribution >= 0.6 is 0 Å². The van der Waals surface area contributed by atoms with Gasteiger partial charge in [0.25, 0.3) is 5.91 Å². The Morgan fingerprint density at radius 2 is 2.08 bits per heavy atom. The van der Waals surface area contributed by atoms with Crippen molar-refractivity contribution >= 4 is 11.8 Å². The van der Waals surface area contributed by atoms with Crippen molar-refractivity contribution in [2.45, 2.75) is 51.1 Å². The molecule has 8 heteroatoms. The smallest absolute Gasteiger partial charge is 0.273 e. The van der Waals surface area contributed by atoms with Gasteiger partial charge in [-0.1, -0.05) is 18.1 Å². The van der Waals surface area contributed by atoms with Gasteiger partial charge in [0.15, 0.2) is 5.69 Å². The van der Waals surface area contributed by atoms with Crippen molar-refractivity contribution in [3.63, 3.8) is 0 Å². The van der Waals surface area contributed by atoms with Crippen LogP contribution in [-0.4, -0.2) is 64.6 Å². The van der Waals surface area contributed by atoms with Crippen LogP contribution in [0.5, 0.6) is 0 Å². The van der Waals surface area contributed by atoms with Gasteiger partial charge in [-0.3, -0.25) is 9.59 Å². The Balaban J connectivity index is 1.56. The summed E-state index contributed by atoms with van der Waals surface area (Å²) >= 11 is 0. The molecular formula is C17H27N5O3. The summed E-state index contributed by atoms with van der Waals surface area (Å²) in [6.07, 6.45) is 8.04. The topological polar surface area (TPSA) is 89.4 Å². The molecule has 1 aromatic rings. The van der Waals surface area contributed by atoms with Gasteiger partial charge in [0.05, 0.1) is 25.4 Å². The van der Waals surface area contributed by atoms with E-state index < -0.39 is 0 Å². The van der Waals surface area contributed by atoms with Crippen LogP contribution in [0.25, 0.3) is 0 Å². The third-order valence-corrected chi connectivity index (χ3v) is 5.13. The number of rotatable bonds is 7. The van der Waals surface area contributed by atoms with E-state index in [-0.39, 0.29) is 17.9 Å². The van der Waals surface area contributed by atoms with Gasteiger partial charge in [0.1, 0.15) is 0 Å². The number of hydrogen-bond donors (Lipinski definition) is 1. The first-order valence-corrected chi connectivity index (χ1v) is 9.17. The van der Waals surface area contributed by atoms with Gasteiger partial charge in [-0.25, -0.2) is 4.68 Å². The largest absolute Gasteiger partial charge is 0.383 e. The first-order valence-electron chi connectivity index (χ1n) is 9.17. The summed E-state index contributed by atoms with van der Waals surface area (Å²) in [6, 6.07) is 0.152. The molecule has 2 amide bonds. The maximum absolute atomic E-state index is 12.7. The summed E-state index contributed by atoms with van der Waals surface area (Å²) in [5, 5.41) is 10.7. The summed E-state index contributed by atoms with van der Waals surface area (Å²) in [5.74, 6) is 0.254. The highest BCUT2D eigenvalue weighted by Crippen LogP contribution is 2.30. The second kappa shape index (κ2) is 8.42. The molecule has 2 aliphatic rings. The molecule has 1 saturated carbocycles. The number of carbonyl (C=O) groups excluding carboxylic acids is 2. The molecule has 1 aliphatic carbocycles. The molecule has 0 aromatic carbocycles. The predicted molar refractivity (Wildman–Crippen MR) is 90.9 cm³/mol. The normalized spacial score (nSPS) is 21.0. The Bertz CT molecular complexity index is 597. The first-order chi connectivity index (χ1) is 12.2. The SMILES string of the molecule is COCCNC(=O)c1cn(C[C@@H]2CCCN2C(=O)C2CCCC2)nn1. The second-order valence-electron chi connectivity index (χ2n) is 6.88. The highest BCUT2D eigenvalue weighted by molar-refractivity contribution is 5.91. The lowest BCUT2D eigenvalue weighted by molar-refractivity contribution is -0.136. The molecule has 0 spiro atoms. The zero-order valence-electron chi connectivity index (χ0n) is 14.8.